The monoisotopic (exact) mass is 613 g/mol. The minimum absolute atomic E-state index is 0.0371. The molecule has 2 amide bonds. The van der Waals surface area contributed by atoms with Crippen LogP contribution >= 0.6 is 22.6 Å². The number of carbonyl (C=O) groups excluding carboxylic acids is 2. The molecule has 0 aliphatic rings. The van der Waals surface area contributed by atoms with Crippen LogP contribution in [0.5, 0.6) is 11.5 Å². The highest BCUT2D eigenvalue weighted by atomic mass is 127. The zero-order valence-electron chi connectivity index (χ0n) is 20.1. The summed E-state index contributed by atoms with van der Waals surface area (Å²) in [4.78, 5) is 24.8. The first kappa shape index (κ1) is 27.7. The van der Waals surface area contributed by atoms with Crippen LogP contribution in [0.4, 0.5) is 10.1 Å². The van der Waals surface area contributed by atoms with Crippen LogP contribution in [-0.2, 0) is 16.0 Å². The summed E-state index contributed by atoms with van der Waals surface area (Å²) in [6, 6.07) is 20.6. The maximum Gasteiger partial charge on any atom is 0.262 e. The number of nitrogens with zero attached hydrogens (tertiary/aromatic N) is 1. The molecule has 0 aliphatic carbocycles. The lowest BCUT2D eigenvalue weighted by Crippen LogP contribution is -2.25. The van der Waals surface area contributed by atoms with E-state index in [1.165, 1.54) is 43.0 Å². The maximum atomic E-state index is 13.0. The minimum atomic E-state index is -0.456. The first-order valence-electron chi connectivity index (χ1n) is 11.4. The third kappa shape index (κ3) is 8.61. The number of amides is 2. The Hall–Kier alpha value is -3.91. The number of carbonyl (C=O) groups is 2. The Morgan fingerprint density at radius 1 is 1.11 bits per heavy atom. The largest absolute Gasteiger partial charge is 0.493 e. The van der Waals surface area contributed by atoms with Crippen molar-refractivity contribution in [2.75, 3.05) is 25.6 Å². The number of anilines is 1. The van der Waals surface area contributed by atoms with Gasteiger partial charge in [0.1, 0.15) is 17.5 Å². The van der Waals surface area contributed by atoms with Crippen molar-refractivity contribution in [1.29, 1.82) is 5.26 Å². The number of rotatable bonds is 11. The number of methoxy groups -OCH3 is 1. The summed E-state index contributed by atoms with van der Waals surface area (Å²) in [5, 5.41) is 14.9. The van der Waals surface area contributed by atoms with Crippen LogP contribution in [0.3, 0.4) is 0 Å². The molecule has 7 nitrogen and oxygen atoms in total. The van der Waals surface area contributed by atoms with E-state index in [-0.39, 0.29) is 12.2 Å². The molecule has 0 atom stereocenters. The fraction of sp³-hybridized carbons (Fsp3) is 0.179. The van der Waals surface area contributed by atoms with E-state index < -0.39 is 17.6 Å². The molecule has 0 aromatic heterocycles. The summed E-state index contributed by atoms with van der Waals surface area (Å²) in [6.07, 6.45) is 3.05. The molecule has 0 saturated carbocycles. The third-order valence-corrected chi connectivity index (χ3v) is 5.98. The molecular weight excluding hydrogens is 588 g/mol. The molecule has 3 aromatic rings. The summed E-state index contributed by atoms with van der Waals surface area (Å²) in [6.45, 7) is 0.147. The molecule has 0 aliphatic heterocycles. The van der Waals surface area contributed by atoms with Gasteiger partial charge in [-0.2, -0.15) is 5.26 Å². The Labute approximate surface area is 228 Å². The molecule has 0 bridgehead atoms. The predicted molar refractivity (Wildman–Crippen MR) is 148 cm³/mol. The van der Waals surface area contributed by atoms with Crippen molar-refractivity contribution in [1.82, 2.24) is 5.32 Å². The van der Waals surface area contributed by atoms with Crippen LogP contribution in [0.15, 0.2) is 72.3 Å². The number of aryl methyl sites for hydroxylation is 1. The van der Waals surface area contributed by atoms with Crippen molar-refractivity contribution in [2.45, 2.75) is 12.8 Å². The smallest absolute Gasteiger partial charge is 0.262 e. The lowest BCUT2D eigenvalue weighted by atomic mass is 10.1. The van der Waals surface area contributed by atoms with E-state index in [2.05, 4.69) is 10.6 Å². The Kier molecular flexibility index (Phi) is 10.5. The van der Waals surface area contributed by atoms with Gasteiger partial charge in [-0.05, 0) is 89.0 Å². The molecule has 0 saturated heterocycles. The van der Waals surface area contributed by atoms with Gasteiger partial charge in [-0.25, -0.2) is 4.39 Å². The summed E-state index contributed by atoms with van der Waals surface area (Å²) < 4.78 is 24.7. The topological polar surface area (TPSA) is 100 Å². The minimum Gasteiger partial charge on any atom is -0.493 e. The van der Waals surface area contributed by atoms with Crippen LogP contribution < -0.4 is 20.1 Å². The van der Waals surface area contributed by atoms with E-state index in [1.807, 2.05) is 59.0 Å². The van der Waals surface area contributed by atoms with Crippen LogP contribution in [0, 0.1) is 20.7 Å². The zero-order valence-corrected chi connectivity index (χ0v) is 22.3. The zero-order chi connectivity index (χ0) is 26.6. The molecule has 0 unspecified atom stereocenters. The van der Waals surface area contributed by atoms with Crippen molar-refractivity contribution >= 4 is 46.2 Å². The molecule has 0 fully saturated rings. The summed E-state index contributed by atoms with van der Waals surface area (Å²) in [7, 11) is 1.45. The summed E-state index contributed by atoms with van der Waals surface area (Å²) in [5.41, 5.74) is 2.16. The van der Waals surface area contributed by atoms with E-state index >= 15 is 0 Å². The average molecular weight is 613 g/mol. The first-order valence-corrected chi connectivity index (χ1v) is 12.5. The Morgan fingerprint density at radius 3 is 2.51 bits per heavy atom. The fourth-order valence-corrected chi connectivity index (χ4v) is 4.16. The quantitative estimate of drug-likeness (QED) is 0.136. The van der Waals surface area contributed by atoms with Crippen LogP contribution in [-0.4, -0.2) is 32.1 Å². The number of halogens is 2. The molecule has 9 heteroatoms. The molecule has 190 valence electrons. The third-order valence-electron chi connectivity index (χ3n) is 5.17. The van der Waals surface area contributed by atoms with Gasteiger partial charge in [-0.3, -0.25) is 9.59 Å². The van der Waals surface area contributed by atoms with E-state index in [9.17, 15) is 19.2 Å². The summed E-state index contributed by atoms with van der Waals surface area (Å²) in [5.74, 6) is -0.596. The standard InChI is InChI=1S/C28H25FIN3O4/c1-36-25-16-20(14-21(17-31)28(35)32-13-5-8-19-6-3-2-4-7-19)15-24(30)27(25)37-18-26(34)33-23-11-9-22(29)10-12-23/h2-4,6-7,9-12,14-16H,5,8,13,18H2,1H3,(H,32,35)(H,33,34)/b21-14-. The molecule has 0 heterocycles. The molecule has 37 heavy (non-hydrogen) atoms. The van der Waals surface area contributed by atoms with Crippen LogP contribution in [0.2, 0.25) is 0 Å². The van der Waals surface area contributed by atoms with Gasteiger partial charge in [-0.15, -0.1) is 0 Å². The summed E-state index contributed by atoms with van der Waals surface area (Å²) >= 11 is 2.03. The van der Waals surface area contributed by atoms with E-state index in [1.54, 1.807) is 12.1 Å². The average Bonchev–Trinajstić information content (AvgIpc) is 2.90. The molecule has 0 spiro atoms. The lowest BCUT2D eigenvalue weighted by Gasteiger charge is -2.14. The van der Waals surface area contributed by atoms with Crippen molar-refractivity contribution in [3.8, 4) is 17.6 Å². The van der Waals surface area contributed by atoms with Gasteiger partial charge in [0.15, 0.2) is 18.1 Å². The Morgan fingerprint density at radius 2 is 1.84 bits per heavy atom. The number of nitrogens with one attached hydrogen (secondary N) is 2. The highest BCUT2D eigenvalue weighted by Gasteiger charge is 2.15. The fourth-order valence-electron chi connectivity index (χ4n) is 3.38. The van der Waals surface area contributed by atoms with E-state index in [0.29, 0.717) is 32.9 Å². The SMILES string of the molecule is COc1cc(/C=C(/C#N)C(=O)NCCCc2ccccc2)cc(I)c1OCC(=O)Nc1ccc(F)cc1. The van der Waals surface area contributed by atoms with Gasteiger partial charge in [0.05, 0.1) is 10.7 Å². The highest BCUT2D eigenvalue weighted by Crippen LogP contribution is 2.34. The highest BCUT2D eigenvalue weighted by molar-refractivity contribution is 14.1. The van der Waals surface area contributed by atoms with Crippen LogP contribution in [0.1, 0.15) is 17.5 Å². The molecule has 3 rings (SSSR count). The van der Waals surface area contributed by atoms with Gasteiger partial charge in [0.25, 0.3) is 11.8 Å². The number of benzene rings is 3. The molecule has 2 N–H and O–H groups in total. The van der Waals surface area contributed by atoms with Crippen LogP contribution in [0.25, 0.3) is 6.08 Å². The van der Waals surface area contributed by atoms with E-state index in [0.717, 1.165) is 12.8 Å². The Balaban J connectivity index is 1.61. The van der Waals surface area contributed by atoms with Gasteiger partial charge in [0.2, 0.25) is 0 Å². The Bertz CT molecular complexity index is 1310. The number of ether oxygens (including phenoxy) is 2. The van der Waals surface area contributed by atoms with Gasteiger partial charge < -0.3 is 20.1 Å². The molecule has 0 radical (unpaired) electrons. The van der Waals surface area contributed by atoms with E-state index in [4.69, 9.17) is 9.47 Å². The number of hydrogen-bond acceptors (Lipinski definition) is 5. The van der Waals surface area contributed by atoms with Crippen molar-refractivity contribution < 1.29 is 23.5 Å². The molecular formula is C28H25FIN3O4. The van der Waals surface area contributed by atoms with Gasteiger partial charge in [-0.1, -0.05) is 30.3 Å². The second kappa shape index (κ2) is 14.0. The number of hydrogen-bond donors (Lipinski definition) is 2. The maximum absolute atomic E-state index is 13.0. The molecule has 3 aromatic carbocycles. The second-order valence-corrected chi connectivity index (χ2v) is 9.05. The predicted octanol–water partition coefficient (Wildman–Crippen LogP) is 5.11. The van der Waals surface area contributed by atoms with Gasteiger partial charge in [0, 0.05) is 12.2 Å². The normalized spacial score (nSPS) is 10.8. The van der Waals surface area contributed by atoms with Gasteiger partial charge >= 0.3 is 0 Å². The van der Waals surface area contributed by atoms with Crippen molar-refractivity contribution in [3.05, 3.63) is 92.8 Å². The van der Waals surface area contributed by atoms with Crippen molar-refractivity contribution in [2.24, 2.45) is 0 Å². The second-order valence-electron chi connectivity index (χ2n) is 7.89. The van der Waals surface area contributed by atoms with Crippen molar-refractivity contribution in [3.63, 3.8) is 0 Å². The number of nitriles is 1. The lowest BCUT2D eigenvalue weighted by molar-refractivity contribution is -0.118. The first-order chi connectivity index (χ1) is 17.9.